The van der Waals surface area contributed by atoms with E-state index in [0.29, 0.717) is 55.2 Å². The smallest absolute Gasteiger partial charge is 0.223 e. The maximum absolute atomic E-state index is 13.5. The maximum Gasteiger partial charge on any atom is 0.223 e. The molecule has 0 spiro atoms. The first-order chi connectivity index (χ1) is 15.4. The number of hydrogen-bond acceptors (Lipinski definition) is 8. The Morgan fingerprint density at radius 2 is 1.97 bits per heavy atom. The number of imidazole rings is 1. The number of aromatic nitrogens is 4. The molecule has 0 saturated carbocycles. The topological polar surface area (TPSA) is 120 Å². The van der Waals surface area contributed by atoms with Gasteiger partial charge in [0.1, 0.15) is 5.82 Å². The van der Waals surface area contributed by atoms with E-state index in [1.807, 2.05) is 6.92 Å². The monoisotopic (exact) mass is 442 g/mol. The molecule has 170 valence electrons. The van der Waals surface area contributed by atoms with Crippen LogP contribution in [0.15, 0.2) is 36.5 Å². The number of nitrogens with two attached hydrogens (primary N) is 1. The molecule has 0 aliphatic carbocycles. The Morgan fingerprint density at radius 3 is 2.69 bits per heavy atom. The highest BCUT2D eigenvalue weighted by Crippen LogP contribution is 2.33. The molecule has 1 aliphatic rings. The molecule has 9 nitrogen and oxygen atoms in total. The molecule has 1 saturated heterocycles. The van der Waals surface area contributed by atoms with Crippen LogP contribution in [0.3, 0.4) is 0 Å². The van der Waals surface area contributed by atoms with Crippen molar-refractivity contribution in [2.45, 2.75) is 25.2 Å². The molecule has 2 aromatic heterocycles. The molecule has 0 radical (unpaired) electrons. The van der Waals surface area contributed by atoms with Crippen molar-refractivity contribution in [3.63, 3.8) is 0 Å². The van der Waals surface area contributed by atoms with Gasteiger partial charge in [-0.15, -0.1) is 0 Å². The van der Waals surface area contributed by atoms with Gasteiger partial charge in [0.05, 0.1) is 35.8 Å². The first-order valence-corrected chi connectivity index (χ1v) is 10.4. The number of H-pyrrole nitrogens is 1. The van der Waals surface area contributed by atoms with Gasteiger partial charge in [0, 0.05) is 32.0 Å². The second-order valence-corrected chi connectivity index (χ2v) is 8.00. The SMILES string of the molecule is COCCCNc1nccc(-c2[nH]c(C3OCC(C)(N)CO3)nc2-c2ccc(F)cc2)n1. The highest BCUT2D eigenvalue weighted by molar-refractivity contribution is 5.77. The first-order valence-electron chi connectivity index (χ1n) is 10.4. The number of ether oxygens (including phenoxy) is 3. The molecule has 0 amide bonds. The summed E-state index contributed by atoms with van der Waals surface area (Å²) in [4.78, 5) is 16.9. The van der Waals surface area contributed by atoms with Crippen LogP contribution in [0.5, 0.6) is 0 Å². The third kappa shape index (κ3) is 5.28. The molecular formula is C22H27FN6O3. The van der Waals surface area contributed by atoms with Gasteiger partial charge in [-0.2, -0.15) is 0 Å². The lowest BCUT2D eigenvalue weighted by Crippen LogP contribution is -2.50. The van der Waals surface area contributed by atoms with E-state index in [4.69, 9.17) is 24.9 Å². The molecule has 1 fully saturated rings. The van der Waals surface area contributed by atoms with Crippen LogP contribution in [-0.2, 0) is 14.2 Å². The number of benzene rings is 1. The minimum Gasteiger partial charge on any atom is -0.385 e. The number of methoxy groups -OCH3 is 1. The summed E-state index contributed by atoms with van der Waals surface area (Å²) in [5, 5.41) is 3.19. The number of nitrogens with zero attached hydrogens (tertiary/aromatic N) is 3. The second kappa shape index (κ2) is 9.70. The summed E-state index contributed by atoms with van der Waals surface area (Å²) in [6.45, 7) is 3.86. The Hall–Kier alpha value is -2.92. The van der Waals surface area contributed by atoms with Crippen LogP contribution < -0.4 is 11.1 Å². The molecule has 3 aromatic rings. The molecule has 10 heteroatoms. The zero-order valence-corrected chi connectivity index (χ0v) is 18.1. The first kappa shape index (κ1) is 22.3. The molecule has 0 bridgehead atoms. The van der Waals surface area contributed by atoms with E-state index >= 15 is 0 Å². The molecule has 0 unspecified atom stereocenters. The van der Waals surface area contributed by atoms with Gasteiger partial charge in [-0.25, -0.2) is 19.3 Å². The highest BCUT2D eigenvalue weighted by Gasteiger charge is 2.32. The lowest BCUT2D eigenvalue weighted by molar-refractivity contribution is -0.211. The van der Waals surface area contributed by atoms with E-state index in [-0.39, 0.29) is 5.82 Å². The molecule has 1 aliphatic heterocycles. The third-order valence-electron chi connectivity index (χ3n) is 4.91. The van der Waals surface area contributed by atoms with Crippen LogP contribution in [-0.4, -0.2) is 59.0 Å². The molecule has 1 aromatic carbocycles. The lowest BCUT2D eigenvalue weighted by Gasteiger charge is -2.33. The number of rotatable bonds is 8. The minimum atomic E-state index is -0.687. The fraction of sp³-hybridized carbons (Fsp3) is 0.409. The highest BCUT2D eigenvalue weighted by atomic mass is 19.1. The fourth-order valence-electron chi connectivity index (χ4n) is 3.28. The van der Waals surface area contributed by atoms with Gasteiger partial charge in [-0.1, -0.05) is 0 Å². The van der Waals surface area contributed by atoms with Crippen molar-refractivity contribution in [3.05, 3.63) is 48.2 Å². The van der Waals surface area contributed by atoms with Crippen LogP contribution in [0.1, 0.15) is 25.5 Å². The van der Waals surface area contributed by atoms with E-state index in [1.54, 1.807) is 31.5 Å². The van der Waals surface area contributed by atoms with Crippen molar-refractivity contribution < 1.29 is 18.6 Å². The summed E-state index contributed by atoms with van der Waals surface area (Å²) in [7, 11) is 1.66. The summed E-state index contributed by atoms with van der Waals surface area (Å²) >= 11 is 0. The van der Waals surface area contributed by atoms with Crippen molar-refractivity contribution in [3.8, 4) is 22.6 Å². The second-order valence-electron chi connectivity index (χ2n) is 8.00. The van der Waals surface area contributed by atoms with Gasteiger partial charge in [0.25, 0.3) is 0 Å². The average molecular weight is 442 g/mol. The van der Waals surface area contributed by atoms with Crippen LogP contribution in [0.4, 0.5) is 10.3 Å². The van der Waals surface area contributed by atoms with Crippen LogP contribution >= 0.6 is 0 Å². The summed E-state index contributed by atoms with van der Waals surface area (Å²) in [6.07, 6.45) is 1.81. The Bertz CT molecular complexity index is 1030. The number of anilines is 1. The Morgan fingerprint density at radius 1 is 1.22 bits per heavy atom. The molecule has 0 atom stereocenters. The van der Waals surface area contributed by atoms with E-state index < -0.39 is 11.8 Å². The summed E-state index contributed by atoms with van der Waals surface area (Å²) in [5.74, 6) is 0.656. The fourth-order valence-corrected chi connectivity index (χ4v) is 3.28. The summed E-state index contributed by atoms with van der Waals surface area (Å²) < 4.78 is 30.1. The Kier molecular flexibility index (Phi) is 6.75. The van der Waals surface area contributed by atoms with Crippen LogP contribution in [0.25, 0.3) is 22.6 Å². The Balaban J connectivity index is 1.66. The Labute approximate surface area is 185 Å². The quantitative estimate of drug-likeness (QED) is 0.456. The lowest BCUT2D eigenvalue weighted by atomic mass is 10.1. The minimum absolute atomic E-state index is 0.322. The molecular weight excluding hydrogens is 415 g/mol. The van der Waals surface area contributed by atoms with Crippen molar-refractivity contribution in [2.75, 3.05) is 38.8 Å². The summed E-state index contributed by atoms with van der Waals surface area (Å²) in [5.41, 5.74) is 8.15. The standard InChI is InChI=1S/C22H27FN6O3/c1-22(24)12-31-20(32-13-22)19-28-17(14-4-6-15(23)7-5-14)18(29-19)16-8-10-26-21(27-16)25-9-3-11-30-2/h4-8,10,20H,3,9,11-13,24H2,1-2H3,(H,28,29)(H,25,26,27). The third-order valence-corrected chi connectivity index (χ3v) is 4.91. The van der Waals surface area contributed by atoms with Crippen LogP contribution in [0, 0.1) is 5.82 Å². The number of hydrogen-bond donors (Lipinski definition) is 3. The average Bonchev–Trinajstić information content (AvgIpc) is 3.23. The van der Waals surface area contributed by atoms with E-state index in [9.17, 15) is 4.39 Å². The predicted octanol–water partition coefficient (Wildman–Crippen LogP) is 2.88. The van der Waals surface area contributed by atoms with Crippen molar-refractivity contribution in [1.29, 1.82) is 0 Å². The largest absolute Gasteiger partial charge is 0.385 e. The molecule has 4 rings (SSSR count). The molecule has 32 heavy (non-hydrogen) atoms. The van der Waals surface area contributed by atoms with Gasteiger partial charge >= 0.3 is 0 Å². The van der Waals surface area contributed by atoms with Gasteiger partial charge in [-0.05, 0) is 43.7 Å². The number of halogens is 1. The van der Waals surface area contributed by atoms with E-state index in [0.717, 1.165) is 12.0 Å². The molecule has 4 N–H and O–H groups in total. The van der Waals surface area contributed by atoms with Crippen molar-refractivity contribution in [1.82, 2.24) is 19.9 Å². The van der Waals surface area contributed by atoms with Crippen molar-refractivity contribution in [2.24, 2.45) is 5.73 Å². The predicted molar refractivity (Wildman–Crippen MR) is 117 cm³/mol. The summed E-state index contributed by atoms with van der Waals surface area (Å²) in [6, 6.07) is 7.91. The zero-order valence-electron chi connectivity index (χ0n) is 18.1. The molecule has 3 heterocycles. The van der Waals surface area contributed by atoms with Gasteiger partial charge < -0.3 is 30.2 Å². The zero-order chi connectivity index (χ0) is 22.6. The van der Waals surface area contributed by atoms with Crippen LogP contribution in [0.2, 0.25) is 0 Å². The number of nitrogens with one attached hydrogen (secondary N) is 2. The van der Waals surface area contributed by atoms with E-state index in [1.165, 1.54) is 12.1 Å². The van der Waals surface area contributed by atoms with E-state index in [2.05, 4.69) is 20.3 Å². The van der Waals surface area contributed by atoms with Gasteiger partial charge in [0.2, 0.25) is 12.2 Å². The normalized spacial score (nSPS) is 20.9. The van der Waals surface area contributed by atoms with Gasteiger partial charge in [-0.3, -0.25) is 0 Å². The van der Waals surface area contributed by atoms with Gasteiger partial charge in [0.15, 0.2) is 5.82 Å². The number of aromatic amines is 1. The maximum atomic E-state index is 13.5. The van der Waals surface area contributed by atoms with Crippen molar-refractivity contribution >= 4 is 5.95 Å².